The summed E-state index contributed by atoms with van der Waals surface area (Å²) in [5.41, 5.74) is 2.17. The molecule has 1 fully saturated rings. The van der Waals surface area contributed by atoms with Crippen molar-refractivity contribution in [3.05, 3.63) is 41.5 Å². The third-order valence-corrected chi connectivity index (χ3v) is 5.43. The number of halogens is 1. The van der Waals surface area contributed by atoms with Crippen LogP contribution in [0.15, 0.2) is 30.4 Å². The molecule has 1 aromatic carbocycles. The van der Waals surface area contributed by atoms with Gasteiger partial charge in [0.25, 0.3) is 0 Å². The van der Waals surface area contributed by atoms with Gasteiger partial charge < -0.3 is 9.84 Å². The second kappa shape index (κ2) is 9.75. The maximum atomic E-state index is 14.7. The summed E-state index contributed by atoms with van der Waals surface area (Å²) in [5.74, 6) is 0.369. The van der Waals surface area contributed by atoms with Crippen molar-refractivity contribution < 1.29 is 19.0 Å². The molecule has 2 rings (SSSR count). The lowest BCUT2D eigenvalue weighted by Gasteiger charge is -2.22. The number of carboxylic acid groups (broad SMARTS) is 1. The molecular weight excluding hydrogens is 331 g/mol. The molecule has 2 unspecified atom stereocenters. The van der Waals surface area contributed by atoms with Gasteiger partial charge in [0.15, 0.2) is 0 Å². The molecule has 4 heteroatoms. The highest BCUT2D eigenvalue weighted by Gasteiger charge is 2.41. The first-order valence-corrected chi connectivity index (χ1v) is 9.60. The van der Waals surface area contributed by atoms with Gasteiger partial charge in [-0.05, 0) is 62.5 Å². The number of unbranched alkanes of at least 4 members (excludes halogenated alkanes) is 1. The van der Waals surface area contributed by atoms with Gasteiger partial charge in [0.1, 0.15) is 11.9 Å². The van der Waals surface area contributed by atoms with Gasteiger partial charge in [-0.1, -0.05) is 37.3 Å². The van der Waals surface area contributed by atoms with Crippen LogP contribution in [0.3, 0.4) is 0 Å². The summed E-state index contributed by atoms with van der Waals surface area (Å²) < 4.78 is 20.7. The van der Waals surface area contributed by atoms with Crippen molar-refractivity contribution >= 4 is 5.97 Å². The number of ether oxygens (including phenoxy) is 1. The molecule has 1 aliphatic rings. The molecule has 1 aromatic rings. The van der Waals surface area contributed by atoms with Crippen molar-refractivity contribution in [2.24, 2.45) is 17.8 Å². The van der Waals surface area contributed by atoms with Crippen LogP contribution in [-0.4, -0.2) is 23.9 Å². The van der Waals surface area contributed by atoms with Crippen LogP contribution >= 0.6 is 0 Å². The van der Waals surface area contributed by atoms with Crippen molar-refractivity contribution in [3.63, 3.8) is 0 Å². The van der Waals surface area contributed by atoms with Gasteiger partial charge in [-0.15, -0.1) is 0 Å². The highest BCUT2D eigenvalue weighted by molar-refractivity contribution is 5.66. The van der Waals surface area contributed by atoms with E-state index in [4.69, 9.17) is 9.84 Å². The van der Waals surface area contributed by atoms with E-state index in [2.05, 4.69) is 6.08 Å². The van der Waals surface area contributed by atoms with Gasteiger partial charge in [0.2, 0.25) is 0 Å². The summed E-state index contributed by atoms with van der Waals surface area (Å²) in [5, 5.41) is 8.65. The molecule has 0 amide bonds. The zero-order valence-corrected chi connectivity index (χ0v) is 16.1. The van der Waals surface area contributed by atoms with Crippen LogP contribution in [0.5, 0.6) is 5.75 Å². The van der Waals surface area contributed by atoms with Gasteiger partial charge in [0, 0.05) is 12.3 Å². The van der Waals surface area contributed by atoms with Crippen molar-refractivity contribution in [2.75, 3.05) is 6.61 Å². The fraction of sp³-hybridized carbons (Fsp3) is 0.591. The molecule has 1 N–H and O–H groups in total. The number of carbonyl (C=O) groups is 1. The van der Waals surface area contributed by atoms with Crippen molar-refractivity contribution in [1.82, 2.24) is 0 Å². The molecule has 26 heavy (non-hydrogen) atoms. The van der Waals surface area contributed by atoms with Crippen LogP contribution in [0.1, 0.15) is 50.2 Å². The largest absolute Gasteiger partial charge is 0.493 e. The van der Waals surface area contributed by atoms with E-state index in [0.717, 1.165) is 36.1 Å². The second-order valence-electron chi connectivity index (χ2n) is 7.61. The Morgan fingerprint density at radius 2 is 2.00 bits per heavy atom. The normalized spacial score (nSPS) is 25.7. The molecule has 1 aliphatic carbocycles. The highest BCUT2D eigenvalue weighted by Crippen LogP contribution is 2.41. The summed E-state index contributed by atoms with van der Waals surface area (Å²) in [7, 11) is 0. The Hall–Kier alpha value is -1.84. The van der Waals surface area contributed by atoms with Crippen LogP contribution in [0.2, 0.25) is 0 Å². The minimum absolute atomic E-state index is 0.0620. The van der Waals surface area contributed by atoms with Crippen LogP contribution in [0.25, 0.3) is 0 Å². The molecule has 144 valence electrons. The van der Waals surface area contributed by atoms with Gasteiger partial charge in [-0.25, -0.2) is 4.39 Å². The van der Waals surface area contributed by atoms with Crippen LogP contribution in [0, 0.1) is 31.6 Å². The van der Waals surface area contributed by atoms with Crippen molar-refractivity contribution in [3.8, 4) is 5.75 Å². The second-order valence-corrected chi connectivity index (χ2v) is 7.61. The maximum Gasteiger partial charge on any atom is 0.303 e. The molecule has 4 atom stereocenters. The van der Waals surface area contributed by atoms with E-state index in [1.54, 1.807) is 0 Å². The van der Waals surface area contributed by atoms with E-state index in [1.807, 2.05) is 45.0 Å². The fourth-order valence-corrected chi connectivity index (χ4v) is 3.93. The number of hydrogen-bond donors (Lipinski definition) is 1. The molecule has 0 radical (unpaired) electrons. The molecule has 3 nitrogen and oxygen atoms in total. The zero-order chi connectivity index (χ0) is 19.1. The van der Waals surface area contributed by atoms with E-state index >= 15 is 0 Å². The molecule has 0 saturated heterocycles. The van der Waals surface area contributed by atoms with E-state index in [1.165, 1.54) is 0 Å². The third kappa shape index (κ3) is 5.58. The van der Waals surface area contributed by atoms with Crippen LogP contribution in [-0.2, 0) is 4.79 Å². The predicted molar refractivity (Wildman–Crippen MR) is 102 cm³/mol. The van der Waals surface area contributed by atoms with Gasteiger partial charge in [0.05, 0.1) is 6.61 Å². The van der Waals surface area contributed by atoms with Gasteiger partial charge in [-0.3, -0.25) is 4.79 Å². The zero-order valence-electron chi connectivity index (χ0n) is 16.1. The quantitative estimate of drug-likeness (QED) is 0.466. The Balaban J connectivity index is 1.90. The minimum atomic E-state index is -0.829. The molecular formula is C22H31FO3. The van der Waals surface area contributed by atoms with E-state index in [9.17, 15) is 9.18 Å². The Bertz CT molecular complexity index is 606. The summed E-state index contributed by atoms with van der Waals surface area (Å²) in [4.78, 5) is 10.5. The number of allylic oxidation sites excluding steroid dienone is 2. The fourth-order valence-electron chi connectivity index (χ4n) is 3.93. The van der Waals surface area contributed by atoms with E-state index in [0.29, 0.717) is 13.0 Å². The molecule has 1 saturated carbocycles. The molecule has 0 bridgehead atoms. The Labute approximate surface area is 156 Å². The average molecular weight is 362 g/mol. The topological polar surface area (TPSA) is 46.5 Å². The summed E-state index contributed by atoms with van der Waals surface area (Å²) in [6.07, 6.45) is 6.61. The lowest BCUT2D eigenvalue weighted by atomic mass is 9.92. The first kappa shape index (κ1) is 20.5. The first-order valence-electron chi connectivity index (χ1n) is 9.60. The van der Waals surface area contributed by atoms with E-state index < -0.39 is 12.1 Å². The highest BCUT2D eigenvalue weighted by atomic mass is 19.1. The number of para-hydroxylation sites is 1. The summed E-state index contributed by atoms with van der Waals surface area (Å²) in [6.45, 7) is 6.43. The van der Waals surface area contributed by atoms with Gasteiger partial charge >= 0.3 is 5.97 Å². The summed E-state index contributed by atoms with van der Waals surface area (Å²) >= 11 is 0. The molecule has 0 spiro atoms. The lowest BCUT2D eigenvalue weighted by molar-refractivity contribution is -0.137. The maximum absolute atomic E-state index is 14.7. The number of hydrogen-bond acceptors (Lipinski definition) is 2. The number of carboxylic acids is 1. The number of aryl methyl sites for hydroxylation is 2. The lowest BCUT2D eigenvalue weighted by Crippen LogP contribution is -2.25. The Morgan fingerprint density at radius 1 is 1.31 bits per heavy atom. The SMILES string of the molecule is Cc1cccc(C)c1OC[C@H]1C(F)C(C)C[C@@H]1C/C=C\CCCC(=O)O. The standard InChI is InChI=1S/C22H31FO3/c1-15-9-8-10-16(2)22(15)26-14-19-18(13-17(3)21(19)23)11-6-4-5-7-12-20(24)25/h4,6,8-10,17-19,21H,5,7,11-14H2,1-3H3,(H,24,25)/b6-4-/t17?,18-,19+,21?/m0/s1. The predicted octanol–water partition coefficient (Wildman–Crippen LogP) is 5.49. The average Bonchev–Trinajstić information content (AvgIpc) is 2.84. The molecule has 0 aromatic heterocycles. The van der Waals surface area contributed by atoms with Crippen LogP contribution < -0.4 is 4.74 Å². The number of alkyl halides is 1. The molecule has 0 aliphatic heterocycles. The summed E-state index contributed by atoms with van der Waals surface area (Å²) in [6, 6.07) is 6.04. The van der Waals surface area contributed by atoms with E-state index in [-0.39, 0.29) is 24.2 Å². The molecule has 0 heterocycles. The van der Waals surface area contributed by atoms with Crippen molar-refractivity contribution in [1.29, 1.82) is 0 Å². The monoisotopic (exact) mass is 362 g/mol. The van der Waals surface area contributed by atoms with Crippen molar-refractivity contribution in [2.45, 2.75) is 59.0 Å². The first-order chi connectivity index (χ1) is 12.4. The Morgan fingerprint density at radius 3 is 2.65 bits per heavy atom. The smallest absolute Gasteiger partial charge is 0.303 e. The Kier molecular flexibility index (Phi) is 7.67. The van der Waals surface area contributed by atoms with Crippen LogP contribution in [0.4, 0.5) is 4.39 Å². The number of benzene rings is 1. The number of rotatable bonds is 9. The number of aliphatic carboxylic acids is 1. The third-order valence-electron chi connectivity index (χ3n) is 5.43. The minimum Gasteiger partial charge on any atom is -0.493 e. The van der Waals surface area contributed by atoms with Gasteiger partial charge in [-0.2, -0.15) is 0 Å².